The van der Waals surface area contributed by atoms with E-state index in [2.05, 4.69) is 31.0 Å². The topological polar surface area (TPSA) is 24.5 Å². The Labute approximate surface area is 107 Å². The maximum Gasteiger partial charge on any atom is 0.0474 e. The van der Waals surface area contributed by atoms with E-state index >= 15 is 0 Å². The van der Waals surface area contributed by atoms with Crippen molar-refractivity contribution in [2.24, 2.45) is 5.92 Å². The quantitative estimate of drug-likeness (QED) is 0.692. The van der Waals surface area contributed by atoms with Gasteiger partial charge in [0.05, 0.1) is 0 Å². The van der Waals surface area contributed by atoms with Crippen LogP contribution >= 0.6 is 0 Å². The van der Waals surface area contributed by atoms with Crippen LogP contribution in [0.2, 0.25) is 0 Å². The number of hydrogen-bond acceptors (Lipinski definition) is 3. The van der Waals surface area contributed by atoms with Gasteiger partial charge in [0.25, 0.3) is 0 Å². The summed E-state index contributed by atoms with van der Waals surface area (Å²) < 4.78 is 5.05. The lowest BCUT2D eigenvalue weighted by Gasteiger charge is -2.41. The molecule has 1 N–H and O–H groups in total. The highest BCUT2D eigenvalue weighted by atomic mass is 16.5. The van der Waals surface area contributed by atoms with Gasteiger partial charge in [0.2, 0.25) is 0 Å². The molecule has 0 bridgehead atoms. The van der Waals surface area contributed by atoms with Crippen LogP contribution in [0, 0.1) is 5.92 Å². The number of hydrogen-bond donors (Lipinski definition) is 1. The van der Waals surface area contributed by atoms with Crippen LogP contribution in [0.25, 0.3) is 0 Å². The number of ether oxygens (including phenoxy) is 1. The molecule has 1 heterocycles. The van der Waals surface area contributed by atoms with E-state index in [1.165, 1.54) is 19.4 Å². The van der Waals surface area contributed by atoms with Crippen LogP contribution < -0.4 is 5.32 Å². The summed E-state index contributed by atoms with van der Waals surface area (Å²) in [5, 5.41) is 3.53. The third-order valence-electron chi connectivity index (χ3n) is 3.87. The number of piperidine rings is 1. The second-order valence-electron chi connectivity index (χ2n) is 5.63. The monoisotopic (exact) mass is 242 g/mol. The molecule has 3 nitrogen and oxygen atoms in total. The molecule has 0 aliphatic carbocycles. The third-order valence-corrected chi connectivity index (χ3v) is 3.87. The number of nitrogens with zero attached hydrogens (tertiary/aromatic N) is 1. The Balaban J connectivity index is 2.18. The SMILES string of the molecule is COCCCNCC(C)N1CC(C)CCC1C. The van der Waals surface area contributed by atoms with Crippen molar-refractivity contribution >= 4 is 0 Å². The van der Waals surface area contributed by atoms with Gasteiger partial charge in [-0.15, -0.1) is 0 Å². The lowest BCUT2D eigenvalue weighted by Crippen LogP contribution is -2.49. The number of likely N-dealkylation sites (tertiary alicyclic amines) is 1. The molecule has 1 fully saturated rings. The Morgan fingerprint density at radius 3 is 2.82 bits per heavy atom. The molecule has 17 heavy (non-hydrogen) atoms. The fourth-order valence-electron chi connectivity index (χ4n) is 2.71. The average Bonchev–Trinajstić information content (AvgIpc) is 2.32. The van der Waals surface area contributed by atoms with Crippen LogP contribution in [0.15, 0.2) is 0 Å². The van der Waals surface area contributed by atoms with E-state index in [-0.39, 0.29) is 0 Å². The van der Waals surface area contributed by atoms with Crippen molar-refractivity contribution in [3.8, 4) is 0 Å². The lowest BCUT2D eigenvalue weighted by molar-refractivity contribution is 0.0838. The maximum atomic E-state index is 5.05. The molecular formula is C14H30N2O. The predicted octanol–water partition coefficient (Wildman–Crippen LogP) is 2.12. The van der Waals surface area contributed by atoms with Gasteiger partial charge < -0.3 is 10.1 Å². The molecule has 0 aromatic heterocycles. The van der Waals surface area contributed by atoms with Crippen molar-refractivity contribution in [1.82, 2.24) is 10.2 Å². The number of nitrogens with one attached hydrogen (secondary N) is 1. The third kappa shape index (κ3) is 5.36. The highest BCUT2D eigenvalue weighted by Crippen LogP contribution is 2.22. The Morgan fingerprint density at radius 2 is 2.12 bits per heavy atom. The molecule has 3 unspecified atom stereocenters. The van der Waals surface area contributed by atoms with Crippen LogP contribution in [0.5, 0.6) is 0 Å². The fourth-order valence-corrected chi connectivity index (χ4v) is 2.71. The Morgan fingerprint density at radius 1 is 1.35 bits per heavy atom. The summed E-state index contributed by atoms with van der Waals surface area (Å²) in [6, 6.07) is 1.40. The molecule has 3 heteroatoms. The zero-order valence-electron chi connectivity index (χ0n) is 12.0. The molecule has 102 valence electrons. The van der Waals surface area contributed by atoms with E-state index in [1.807, 2.05) is 0 Å². The largest absolute Gasteiger partial charge is 0.385 e. The van der Waals surface area contributed by atoms with Gasteiger partial charge in [0, 0.05) is 38.9 Å². The Bertz CT molecular complexity index is 199. The first-order valence-corrected chi connectivity index (χ1v) is 7.10. The summed E-state index contributed by atoms with van der Waals surface area (Å²) >= 11 is 0. The van der Waals surface area contributed by atoms with E-state index in [0.29, 0.717) is 6.04 Å². The van der Waals surface area contributed by atoms with Crippen LogP contribution in [0.1, 0.15) is 40.0 Å². The Hall–Kier alpha value is -0.120. The van der Waals surface area contributed by atoms with E-state index in [4.69, 9.17) is 4.74 Å². The normalized spacial score (nSPS) is 28.2. The molecule has 0 aromatic carbocycles. The zero-order chi connectivity index (χ0) is 12.7. The molecule has 0 aromatic rings. The smallest absolute Gasteiger partial charge is 0.0474 e. The van der Waals surface area contributed by atoms with Crippen LogP contribution in [-0.4, -0.2) is 50.3 Å². The average molecular weight is 242 g/mol. The van der Waals surface area contributed by atoms with Crippen LogP contribution in [0.4, 0.5) is 0 Å². The summed E-state index contributed by atoms with van der Waals surface area (Å²) in [6.45, 7) is 11.4. The highest BCUT2D eigenvalue weighted by molar-refractivity contribution is 4.81. The minimum Gasteiger partial charge on any atom is -0.385 e. The van der Waals surface area contributed by atoms with E-state index < -0.39 is 0 Å². The first-order valence-electron chi connectivity index (χ1n) is 7.10. The fraction of sp³-hybridized carbons (Fsp3) is 1.00. The van der Waals surface area contributed by atoms with Crippen LogP contribution in [-0.2, 0) is 4.74 Å². The summed E-state index contributed by atoms with van der Waals surface area (Å²) in [6.07, 6.45) is 3.86. The minimum atomic E-state index is 0.648. The summed E-state index contributed by atoms with van der Waals surface area (Å²) in [5.74, 6) is 0.863. The first kappa shape index (κ1) is 14.9. The van der Waals surface area contributed by atoms with Gasteiger partial charge in [0.1, 0.15) is 0 Å². The minimum absolute atomic E-state index is 0.648. The van der Waals surface area contributed by atoms with E-state index in [0.717, 1.165) is 38.1 Å². The first-order chi connectivity index (χ1) is 8.15. The molecule has 1 aliphatic rings. The van der Waals surface area contributed by atoms with Crippen LogP contribution in [0.3, 0.4) is 0 Å². The van der Waals surface area contributed by atoms with Gasteiger partial charge in [-0.2, -0.15) is 0 Å². The number of methoxy groups -OCH3 is 1. The zero-order valence-corrected chi connectivity index (χ0v) is 12.0. The molecule has 0 saturated carbocycles. The predicted molar refractivity (Wildman–Crippen MR) is 73.4 cm³/mol. The highest BCUT2D eigenvalue weighted by Gasteiger charge is 2.26. The molecule has 3 atom stereocenters. The van der Waals surface area contributed by atoms with Gasteiger partial charge in [-0.05, 0) is 45.6 Å². The summed E-state index contributed by atoms with van der Waals surface area (Å²) in [7, 11) is 1.76. The second kappa shape index (κ2) is 8.06. The van der Waals surface area contributed by atoms with Gasteiger partial charge >= 0.3 is 0 Å². The molecule has 0 amide bonds. The van der Waals surface area contributed by atoms with Gasteiger partial charge in [0.15, 0.2) is 0 Å². The summed E-state index contributed by atoms with van der Waals surface area (Å²) in [5.41, 5.74) is 0. The molecule has 1 aliphatic heterocycles. The van der Waals surface area contributed by atoms with Crippen molar-refractivity contribution in [1.29, 1.82) is 0 Å². The molecule has 0 radical (unpaired) electrons. The molecule has 0 spiro atoms. The summed E-state index contributed by atoms with van der Waals surface area (Å²) in [4.78, 5) is 2.66. The van der Waals surface area contributed by atoms with Gasteiger partial charge in [-0.25, -0.2) is 0 Å². The van der Waals surface area contributed by atoms with Crippen molar-refractivity contribution in [3.63, 3.8) is 0 Å². The van der Waals surface area contributed by atoms with Crippen molar-refractivity contribution < 1.29 is 4.74 Å². The van der Waals surface area contributed by atoms with Crippen molar-refractivity contribution in [2.45, 2.75) is 52.1 Å². The number of rotatable bonds is 7. The Kier molecular flexibility index (Phi) is 7.09. The van der Waals surface area contributed by atoms with Crippen molar-refractivity contribution in [2.75, 3.05) is 33.4 Å². The standard InChI is InChI=1S/C14H30N2O/c1-12-6-7-13(2)16(11-12)14(3)10-15-8-5-9-17-4/h12-15H,5-11H2,1-4H3. The van der Waals surface area contributed by atoms with Gasteiger partial charge in [-0.1, -0.05) is 6.92 Å². The van der Waals surface area contributed by atoms with E-state index in [1.54, 1.807) is 7.11 Å². The molecule has 1 saturated heterocycles. The molecule has 1 rings (SSSR count). The maximum absolute atomic E-state index is 5.05. The molecular weight excluding hydrogens is 212 g/mol. The lowest BCUT2D eigenvalue weighted by atomic mass is 9.93. The van der Waals surface area contributed by atoms with Gasteiger partial charge in [-0.3, -0.25) is 4.90 Å². The van der Waals surface area contributed by atoms with E-state index in [9.17, 15) is 0 Å². The van der Waals surface area contributed by atoms with Crippen molar-refractivity contribution in [3.05, 3.63) is 0 Å². The second-order valence-corrected chi connectivity index (χ2v) is 5.63.